The molecule has 5 nitrogen and oxygen atoms in total. The molecule has 0 unspecified atom stereocenters. The lowest BCUT2D eigenvalue weighted by Gasteiger charge is -2.56. The van der Waals surface area contributed by atoms with Crippen molar-refractivity contribution in [1.29, 1.82) is 0 Å². The van der Waals surface area contributed by atoms with Crippen LogP contribution >= 0.6 is 0 Å². The highest BCUT2D eigenvalue weighted by molar-refractivity contribution is 7.91. The molecule has 0 aliphatic heterocycles. The third-order valence-electron chi connectivity index (χ3n) is 5.27. The van der Waals surface area contributed by atoms with Gasteiger partial charge in [0.25, 0.3) is 10.0 Å². The third-order valence-corrected chi connectivity index (χ3v) is 6.15. The van der Waals surface area contributed by atoms with Gasteiger partial charge >= 0.3 is 11.2 Å². The quantitative estimate of drug-likeness (QED) is 0.797. The second-order valence-electron chi connectivity index (χ2n) is 7.06. The van der Waals surface area contributed by atoms with Crippen molar-refractivity contribution in [3.63, 3.8) is 0 Å². The first kappa shape index (κ1) is 15.1. The van der Waals surface area contributed by atoms with Crippen molar-refractivity contribution >= 4 is 16.0 Å². The molecule has 4 aliphatic carbocycles. The van der Waals surface area contributed by atoms with E-state index >= 15 is 0 Å². The molecule has 21 heavy (non-hydrogen) atoms. The lowest BCUT2D eigenvalue weighted by atomic mass is 9.50. The van der Waals surface area contributed by atoms with Crippen molar-refractivity contribution in [2.75, 3.05) is 6.61 Å². The van der Waals surface area contributed by atoms with Crippen LogP contribution in [0.1, 0.15) is 38.5 Å². The molecule has 0 heterocycles. The maximum Gasteiger partial charge on any atom is 0.454 e. The van der Waals surface area contributed by atoms with Gasteiger partial charge in [0.1, 0.15) is 0 Å². The molecule has 0 aromatic rings. The Kier molecular flexibility index (Phi) is 3.33. The zero-order valence-electron chi connectivity index (χ0n) is 11.6. The molecule has 0 aromatic heterocycles. The minimum Gasteiger partial charge on any atom is -0.460 e. The standard InChI is InChI=1S/C13H19F2NO4S/c14-13(15,21(16,18)19)11(17)20-7-12-4-8-1-9(5-12)3-10(2-8)6-12/h8-10H,1-7H2,(H2,16,18,19). The number of alkyl halides is 2. The number of hydrogen-bond donors (Lipinski definition) is 1. The number of halogens is 2. The molecule has 8 heteroatoms. The first-order chi connectivity index (χ1) is 9.61. The Balaban J connectivity index is 1.67. The van der Waals surface area contributed by atoms with Crippen molar-refractivity contribution in [2.24, 2.45) is 28.3 Å². The fraction of sp³-hybridized carbons (Fsp3) is 0.923. The summed E-state index contributed by atoms with van der Waals surface area (Å²) in [5.41, 5.74) is -0.237. The lowest BCUT2D eigenvalue weighted by molar-refractivity contribution is -0.171. The van der Waals surface area contributed by atoms with Crippen LogP contribution in [-0.2, 0) is 19.6 Å². The van der Waals surface area contributed by atoms with Gasteiger partial charge in [-0.1, -0.05) is 0 Å². The number of carbonyl (C=O) groups is 1. The van der Waals surface area contributed by atoms with E-state index in [9.17, 15) is 22.0 Å². The second-order valence-corrected chi connectivity index (χ2v) is 8.66. The summed E-state index contributed by atoms with van der Waals surface area (Å²) in [6.45, 7) is -0.125. The SMILES string of the molecule is NS(=O)(=O)C(F)(F)C(=O)OCC12CC3CC(CC(C3)C1)C2. The summed E-state index contributed by atoms with van der Waals surface area (Å²) in [6, 6.07) is 0. The van der Waals surface area contributed by atoms with Crippen LogP contribution in [-0.4, -0.2) is 26.2 Å². The summed E-state index contributed by atoms with van der Waals surface area (Å²) in [7, 11) is -5.29. The topological polar surface area (TPSA) is 86.5 Å². The summed E-state index contributed by atoms with van der Waals surface area (Å²) in [6.07, 6.45) is 6.19. The van der Waals surface area contributed by atoms with Crippen molar-refractivity contribution in [3.05, 3.63) is 0 Å². The fourth-order valence-corrected chi connectivity index (χ4v) is 5.18. The van der Waals surface area contributed by atoms with Gasteiger partial charge in [-0.3, -0.25) is 0 Å². The van der Waals surface area contributed by atoms with Gasteiger partial charge in [-0.05, 0) is 56.3 Å². The maximum atomic E-state index is 13.3. The minimum absolute atomic E-state index is 0.125. The zero-order chi connectivity index (χ0) is 15.5. The largest absolute Gasteiger partial charge is 0.460 e. The molecule has 4 bridgehead atoms. The van der Waals surface area contributed by atoms with Crippen LogP contribution in [0, 0.1) is 23.2 Å². The Morgan fingerprint density at radius 1 is 1.14 bits per heavy atom. The van der Waals surface area contributed by atoms with Crippen molar-refractivity contribution < 1.29 is 26.7 Å². The second kappa shape index (κ2) is 4.62. The number of primary sulfonamides is 1. The smallest absolute Gasteiger partial charge is 0.454 e. The molecule has 0 spiro atoms. The predicted octanol–water partition coefficient (Wildman–Crippen LogP) is 1.63. The summed E-state index contributed by atoms with van der Waals surface area (Å²) >= 11 is 0. The Hall–Kier alpha value is -0.760. The van der Waals surface area contributed by atoms with Crippen LogP contribution in [0.4, 0.5) is 8.78 Å². The van der Waals surface area contributed by atoms with E-state index in [-0.39, 0.29) is 12.0 Å². The average molecular weight is 323 g/mol. The number of ether oxygens (including phenoxy) is 1. The van der Waals surface area contributed by atoms with Gasteiger partial charge in [0.2, 0.25) is 0 Å². The van der Waals surface area contributed by atoms with E-state index in [0.29, 0.717) is 17.8 Å². The first-order valence-electron chi connectivity index (χ1n) is 7.19. The third kappa shape index (κ3) is 2.56. The van der Waals surface area contributed by atoms with E-state index < -0.39 is 21.2 Å². The number of nitrogens with two attached hydrogens (primary N) is 1. The number of esters is 1. The maximum absolute atomic E-state index is 13.3. The highest BCUT2D eigenvalue weighted by Crippen LogP contribution is 2.60. The van der Waals surface area contributed by atoms with Gasteiger partial charge in [0, 0.05) is 5.41 Å². The van der Waals surface area contributed by atoms with Gasteiger partial charge in [0.15, 0.2) is 0 Å². The van der Waals surface area contributed by atoms with E-state index in [1.165, 1.54) is 19.3 Å². The number of hydrogen-bond acceptors (Lipinski definition) is 4. The highest BCUT2D eigenvalue weighted by atomic mass is 32.2. The highest BCUT2D eigenvalue weighted by Gasteiger charge is 2.55. The molecule has 4 saturated carbocycles. The summed E-state index contributed by atoms with van der Waals surface area (Å²) < 4.78 is 52.7. The first-order valence-corrected chi connectivity index (χ1v) is 8.73. The summed E-state index contributed by atoms with van der Waals surface area (Å²) in [4.78, 5) is 11.4. The van der Waals surface area contributed by atoms with Crippen LogP contribution in [0.15, 0.2) is 0 Å². The molecule has 0 amide bonds. The van der Waals surface area contributed by atoms with E-state index in [1.54, 1.807) is 0 Å². The average Bonchev–Trinajstić information content (AvgIpc) is 2.32. The van der Waals surface area contributed by atoms with E-state index in [2.05, 4.69) is 9.88 Å². The van der Waals surface area contributed by atoms with Gasteiger partial charge in [-0.2, -0.15) is 8.78 Å². The van der Waals surface area contributed by atoms with E-state index in [4.69, 9.17) is 0 Å². The molecule has 2 N–H and O–H groups in total. The number of sulfonamides is 1. The Morgan fingerprint density at radius 3 is 1.95 bits per heavy atom. The lowest BCUT2D eigenvalue weighted by Crippen LogP contribution is -2.50. The normalized spacial score (nSPS) is 38.5. The van der Waals surface area contributed by atoms with Crippen molar-refractivity contribution in [1.82, 2.24) is 0 Å². The van der Waals surface area contributed by atoms with Crippen LogP contribution in [0.3, 0.4) is 0 Å². The molecule has 0 radical (unpaired) electrons. The minimum atomic E-state index is -5.29. The van der Waals surface area contributed by atoms with E-state index in [1.807, 2.05) is 0 Å². The molecule has 4 rings (SSSR count). The summed E-state index contributed by atoms with van der Waals surface area (Å²) in [5.74, 6) is -0.281. The molecule has 0 atom stereocenters. The van der Waals surface area contributed by atoms with Gasteiger partial charge in [-0.25, -0.2) is 18.4 Å². The molecule has 4 fully saturated rings. The molecular weight excluding hydrogens is 304 g/mol. The molecule has 0 aromatic carbocycles. The van der Waals surface area contributed by atoms with Gasteiger partial charge < -0.3 is 4.74 Å². The Bertz CT molecular complexity index is 525. The van der Waals surface area contributed by atoms with Crippen molar-refractivity contribution in [3.8, 4) is 0 Å². The van der Waals surface area contributed by atoms with Gasteiger partial charge in [0.05, 0.1) is 6.61 Å². The predicted molar refractivity (Wildman–Crippen MR) is 69.6 cm³/mol. The van der Waals surface area contributed by atoms with Crippen LogP contribution in [0.2, 0.25) is 0 Å². The van der Waals surface area contributed by atoms with Gasteiger partial charge in [-0.15, -0.1) is 0 Å². The number of carbonyl (C=O) groups excluding carboxylic acids is 1. The van der Waals surface area contributed by atoms with Crippen LogP contribution in [0.5, 0.6) is 0 Å². The summed E-state index contributed by atoms with van der Waals surface area (Å²) in [5, 5.41) is -0.299. The molecule has 0 saturated heterocycles. The van der Waals surface area contributed by atoms with Crippen LogP contribution < -0.4 is 5.14 Å². The molecule has 120 valence electrons. The zero-order valence-corrected chi connectivity index (χ0v) is 12.4. The molecule has 4 aliphatic rings. The number of rotatable bonds is 4. The van der Waals surface area contributed by atoms with Crippen molar-refractivity contribution in [2.45, 2.75) is 43.8 Å². The van der Waals surface area contributed by atoms with E-state index in [0.717, 1.165) is 19.3 Å². The Morgan fingerprint density at radius 2 is 1.57 bits per heavy atom. The Labute approximate surface area is 122 Å². The fourth-order valence-electron chi connectivity index (χ4n) is 4.89. The monoisotopic (exact) mass is 323 g/mol. The van der Waals surface area contributed by atoms with Crippen LogP contribution in [0.25, 0.3) is 0 Å². The molecular formula is C13H19F2NO4S.